The molecule has 115 heavy (non-hydrogen) atoms. The average Bonchev–Trinajstić information content (AvgIpc) is 0.778. The summed E-state index contributed by atoms with van der Waals surface area (Å²) in [6, 6.07) is -1.00. The van der Waals surface area contributed by atoms with Crippen LogP contribution in [0, 0.1) is 0 Å². The zero-order valence-electron chi connectivity index (χ0n) is 72.0. The standard InChI is InChI=1S/C96H169NO18/c1-3-5-7-9-11-13-15-17-19-21-23-25-27-29-31-33-34-35-36-37-38-39-40-41-42-43-44-46-48-50-52-54-56-58-60-62-64-66-68-70-72-74-84(102)97-79(80(101)73-71-69-67-65-63-61-59-57-55-53-51-49-47-45-32-30-28-26-24-22-20-18-16-14-12-10-8-6-4-2)78-110-94-90(108)87(105)92(82(76-99)112-94)115-96-91(109)88(106)93(83(77-100)113-96)114-95-89(107)86(104)85(103)81(75-98)111-95/h5,7,11,13,17,19,23,25,29,31,34-35,55,57,63,65,71,73,79-83,85-96,98-101,103-109H,3-4,6,8-10,12,14-16,18,20-22,24,26-28,30,32-33,36-54,56,58-62,64,66-70,72,74-78H2,1-2H3,(H,97,102)/b7-5-,13-11-,19-17-,25-23-,31-29-,35-34-,57-55+,65-63+,73-71+. The fourth-order valence-corrected chi connectivity index (χ4v) is 15.2. The Kier molecular flexibility index (Phi) is 68.2. The Morgan fingerprint density at radius 1 is 0.322 bits per heavy atom. The van der Waals surface area contributed by atoms with E-state index in [1.165, 1.54) is 244 Å². The van der Waals surface area contributed by atoms with E-state index >= 15 is 0 Å². The van der Waals surface area contributed by atoms with Crippen LogP contribution in [0.2, 0.25) is 0 Å². The molecule has 19 nitrogen and oxygen atoms in total. The number of carbonyl (C=O) groups excluding carboxylic acids is 1. The number of amides is 1. The number of carbonyl (C=O) groups is 1. The number of nitrogens with one attached hydrogen (secondary N) is 1. The Morgan fingerprint density at radius 3 is 0.974 bits per heavy atom. The van der Waals surface area contributed by atoms with Gasteiger partial charge in [0.05, 0.1) is 38.6 Å². The molecule has 17 unspecified atom stereocenters. The van der Waals surface area contributed by atoms with Gasteiger partial charge in [0.2, 0.25) is 5.91 Å². The van der Waals surface area contributed by atoms with Crippen LogP contribution in [0.5, 0.6) is 0 Å². The van der Waals surface area contributed by atoms with E-state index in [4.69, 9.17) is 28.4 Å². The predicted molar refractivity (Wildman–Crippen MR) is 466 cm³/mol. The Hall–Kier alpha value is -3.55. The van der Waals surface area contributed by atoms with Crippen molar-refractivity contribution >= 4 is 5.91 Å². The van der Waals surface area contributed by atoms with Crippen molar-refractivity contribution in [2.24, 2.45) is 0 Å². The van der Waals surface area contributed by atoms with E-state index < -0.39 is 124 Å². The highest BCUT2D eigenvalue weighted by atomic mass is 16.8. The van der Waals surface area contributed by atoms with Gasteiger partial charge in [0.15, 0.2) is 18.9 Å². The molecule has 3 aliphatic rings. The zero-order chi connectivity index (χ0) is 83.1. The summed E-state index contributed by atoms with van der Waals surface area (Å²) in [5, 5.41) is 121. The highest BCUT2D eigenvalue weighted by Crippen LogP contribution is 2.34. The number of aliphatic hydroxyl groups excluding tert-OH is 11. The molecule has 0 spiro atoms. The van der Waals surface area contributed by atoms with Crippen LogP contribution in [0.1, 0.15) is 361 Å². The maximum atomic E-state index is 13.5. The van der Waals surface area contributed by atoms with Crippen molar-refractivity contribution in [3.8, 4) is 0 Å². The summed E-state index contributed by atoms with van der Waals surface area (Å²) in [6.07, 6.45) is 78.2. The molecule has 0 saturated carbocycles. The van der Waals surface area contributed by atoms with Gasteiger partial charge in [-0.25, -0.2) is 0 Å². The van der Waals surface area contributed by atoms with Crippen LogP contribution in [-0.4, -0.2) is 193 Å². The zero-order valence-corrected chi connectivity index (χ0v) is 72.0. The number of unbranched alkanes of at least 4 members (excludes halogenated alkanes) is 43. The van der Waals surface area contributed by atoms with Crippen molar-refractivity contribution in [1.29, 1.82) is 0 Å². The second kappa shape index (κ2) is 74.3. The molecule has 0 aliphatic carbocycles. The molecule has 0 aromatic rings. The Bertz CT molecular complexity index is 2500. The monoisotopic (exact) mass is 1620 g/mol. The van der Waals surface area contributed by atoms with Gasteiger partial charge < -0.3 is 89.9 Å². The number of aliphatic hydroxyl groups is 11. The summed E-state index contributed by atoms with van der Waals surface area (Å²) >= 11 is 0. The lowest BCUT2D eigenvalue weighted by Gasteiger charge is -2.48. The molecule has 0 aromatic carbocycles. The summed E-state index contributed by atoms with van der Waals surface area (Å²) in [4.78, 5) is 13.5. The highest BCUT2D eigenvalue weighted by molar-refractivity contribution is 5.76. The normalized spacial score (nSPS) is 25.1. The van der Waals surface area contributed by atoms with Crippen LogP contribution in [-0.2, 0) is 33.2 Å². The van der Waals surface area contributed by atoms with E-state index in [2.05, 4.69) is 116 Å². The second-order valence-corrected chi connectivity index (χ2v) is 32.7. The number of hydrogen-bond acceptors (Lipinski definition) is 18. The van der Waals surface area contributed by atoms with Crippen LogP contribution < -0.4 is 5.32 Å². The van der Waals surface area contributed by atoms with E-state index in [1.54, 1.807) is 6.08 Å². The predicted octanol–water partition coefficient (Wildman–Crippen LogP) is 18.4. The van der Waals surface area contributed by atoms with Crippen LogP contribution in [0.4, 0.5) is 0 Å². The summed E-state index contributed by atoms with van der Waals surface area (Å²) < 4.78 is 34.5. The third-order valence-electron chi connectivity index (χ3n) is 22.5. The van der Waals surface area contributed by atoms with Gasteiger partial charge in [-0.3, -0.25) is 4.79 Å². The molecular weight excluding hydrogens is 1460 g/mol. The van der Waals surface area contributed by atoms with E-state index in [1.807, 2.05) is 6.08 Å². The first-order valence-corrected chi connectivity index (χ1v) is 46.6. The molecule has 17 atom stereocenters. The third kappa shape index (κ3) is 52.4. The molecule has 0 radical (unpaired) electrons. The molecule has 3 saturated heterocycles. The fraction of sp³-hybridized carbons (Fsp3) is 0.802. The first kappa shape index (κ1) is 106. The fourth-order valence-electron chi connectivity index (χ4n) is 15.2. The molecule has 3 fully saturated rings. The first-order chi connectivity index (χ1) is 56.3. The van der Waals surface area contributed by atoms with Crippen molar-refractivity contribution in [2.45, 2.75) is 465 Å². The van der Waals surface area contributed by atoms with Crippen molar-refractivity contribution in [3.05, 3.63) is 109 Å². The van der Waals surface area contributed by atoms with Gasteiger partial charge in [-0.05, 0) is 96.3 Å². The highest BCUT2D eigenvalue weighted by Gasteiger charge is 2.54. The molecule has 666 valence electrons. The van der Waals surface area contributed by atoms with Gasteiger partial charge in [-0.15, -0.1) is 0 Å². The molecule has 3 aliphatic heterocycles. The van der Waals surface area contributed by atoms with Crippen molar-refractivity contribution in [2.75, 3.05) is 26.4 Å². The minimum absolute atomic E-state index is 0.231. The van der Waals surface area contributed by atoms with E-state index in [0.717, 1.165) is 83.5 Å². The van der Waals surface area contributed by atoms with Gasteiger partial charge in [-0.2, -0.15) is 0 Å². The molecule has 3 rings (SSSR count). The first-order valence-electron chi connectivity index (χ1n) is 46.6. The quantitative estimate of drug-likeness (QED) is 0.0199. The summed E-state index contributed by atoms with van der Waals surface area (Å²) in [6.45, 7) is 1.64. The smallest absolute Gasteiger partial charge is 0.220 e. The van der Waals surface area contributed by atoms with Crippen LogP contribution in [0.15, 0.2) is 109 Å². The molecule has 1 amide bonds. The van der Waals surface area contributed by atoms with E-state index in [-0.39, 0.29) is 18.9 Å². The summed E-state index contributed by atoms with van der Waals surface area (Å²) in [7, 11) is 0. The maximum absolute atomic E-state index is 13.5. The van der Waals surface area contributed by atoms with E-state index in [9.17, 15) is 61.0 Å². The molecule has 19 heteroatoms. The van der Waals surface area contributed by atoms with Crippen LogP contribution >= 0.6 is 0 Å². The topological polar surface area (TPSA) is 307 Å². The Balaban J connectivity index is 1.31. The Labute approximate surface area is 697 Å². The largest absolute Gasteiger partial charge is 0.394 e. The van der Waals surface area contributed by atoms with Gasteiger partial charge in [0.1, 0.15) is 73.2 Å². The SMILES string of the molecule is CC/C=C\C/C=C\C/C=C\C/C=C\C/C=C\C/C=C\CCCCCCCCCCCCCCCCCCCCCCCCC(=O)NC(COC1OC(CO)C(OC2OC(CO)C(OC3OC(CO)C(O)C(O)C3O)C(O)C2O)C(O)C1O)C(O)/C=C/CC/C=C/CC/C=C/CCCCCCCCCCCCCCCCCCCCC. The van der Waals surface area contributed by atoms with Crippen molar-refractivity contribution in [3.63, 3.8) is 0 Å². The van der Waals surface area contributed by atoms with Crippen LogP contribution in [0.3, 0.4) is 0 Å². The molecule has 12 N–H and O–H groups in total. The maximum Gasteiger partial charge on any atom is 0.220 e. The summed E-state index contributed by atoms with van der Waals surface area (Å²) in [5.41, 5.74) is 0. The van der Waals surface area contributed by atoms with Crippen molar-refractivity contribution < 1.29 is 89.4 Å². The van der Waals surface area contributed by atoms with Gasteiger partial charge in [-0.1, -0.05) is 367 Å². The molecular formula is C96H169NO18. The lowest BCUT2D eigenvalue weighted by Crippen LogP contribution is -2.66. The minimum Gasteiger partial charge on any atom is -0.394 e. The molecule has 0 bridgehead atoms. The van der Waals surface area contributed by atoms with Gasteiger partial charge >= 0.3 is 0 Å². The molecule has 3 heterocycles. The number of allylic oxidation sites excluding steroid dienone is 17. The van der Waals surface area contributed by atoms with E-state index in [0.29, 0.717) is 12.8 Å². The number of rotatable bonds is 75. The third-order valence-corrected chi connectivity index (χ3v) is 22.5. The minimum atomic E-state index is -1.99. The van der Waals surface area contributed by atoms with Crippen molar-refractivity contribution in [1.82, 2.24) is 5.32 Å². The summed E-state index contributed by atoms with van der Waals surface area (Å²) in [5.74, 6) is -0.286. The van der Waals surface area contributed by atoms with Gasteiger partial charge in [0.25, 0.3) is 0 Å². The lowest BCUT2D eigenvalue weighted by molar-refractivity contribution is -0.379. The second-order valence-electron chi connectivity index (χ2n) is 32.7. The van der Waals surface area contributed by atoms with Gasteiger partial charge in [0, 0.05) is 6.42 Å². The number of hydrogen-bond donors (Lipinski definition) is 12. The molecule has 0 aromatic heterocycles. The lowest BCUT2D eigenvalue weighted by atomic mass is 9.96. The Morgan fingerprint density at radius 2 is 0.609 bits per heavy atom. The van der Waals surface area contributed by atoms with Crippen LogP contribution in [0.25, 0.3) is 0 Å². The number of ether oxygens (including phenoxy) is 6. The average molecular weight is 1630 g/mol.